The highest BCUT2D eigenvalue weighted by atomic mass is 16.7. The monoisotopic (exact) mass is 236 g/mol. The van der Waals surface area contributed by atoms with Crippen LogP contribution < -0.4 is 14.2 Å². The second-order valence-corrected chi connectivity index (χ2v) is 3.66. The zero-order valence-corrected chi connectivity index (χ0v) is 9.90. The van der Waals surface area contributed by atoms with E-state index in [0.717, 1.165) is 17.7 Å². The Bertz CT molecular complexity index is 401. The molecular formula is C13H16O4. The van der Waals surface area contributed by atoms with Crippen LogP contribution in [0.2, 0.25) is 0 Å². The van der Waals surface area contributed by atoms with E-state index in [1.54, 1.807) is 13.2 Å². The van der Waals surface area contributed by atoms with Gasteiger partial charge in [0.1, 0.15) is 12.4 Å². The second kappa shape index (κ2) is 5.59. The molecule has 1 heterocycles. The Morgan fingerprint density at radius 3 is 2.94 bits per heavy atom. The Hall–Kier alpha value is -1.68. The van der Waals surface area contributed by atoms with Crippen LogP contribution in [0, 0.1) is 0 Å². The molecule has 4 heteroatoms. The van der Waals surface area contributed by atoms with Crippen LogP contribution in [-0.4, -0.2) is 27.1 Å². The maximum absolute atomic E-state index is 5.53. The molecule has 0 radical (unpaired) electrons. The molecule has 4 nitrogen and oxygen atoms in total. The Morgan fingerprint density at radius 2 is 2.18 bits per heavy atom. The number of hydrogen-bond acceptors (Lipinski definition) is 4. The average molecular weight is 236 g/mol. The molecule has 92 valence electrons. The SMILES string of the molecule is C=CCOc1cc2c(cc1OCOC)CCO2. The Labute approximate surface area is 101 Å². The largest absolute Gasteiger partial charge is 0.493 e. The molecule has 0 atom stereocenters. The molecule has 0 saturated carbocycles. The van der Waals surface area contributed by atoms with E-state index in [4.69, 9.17) is 18.9 Å². The van der Waals surface area contributed by atoms with Crippen molar-refractivity contribution in [3.8, 4) is 17.2 Å². The van der Waals surface area contributed by atoms with Gasteiger partial charge in [0.15, 0.2) is 18.3 Å². The van der Waals surface area contributed by atoms with Gasteiger partial charge in [-0.1, -0.05) is 12.7 Å². The third kappa shape index (κ3) is 2.71. The topological polar surface area (TPSA) is 36.9 Å². The lowest BCUT2D eigenvalue weighted by Crippen LogP contribution is -2.02. The van der Waals surface area contributed by atoms with Gasteiger partial charge in [-0.3, -0.25) is 0 Å². The summed E-state index contributed by atoms with van der Waals surface area (Å²) in [4.78, 5) is 0. The van der Waals surface area contributed by atoms with Crippen molar-refractivity contribution in [2.75, 3.05) is 27.1 Å². The molecule has 0 bridgehead atoms. The molecule has 0 saturated heterocycles. The van der Waals surface area contributed by atoms with Crippen molar-refractivity contribution in [2.24, 2.45) is 0 Å². The van der Waals surface area contributed by atoms with E-state index in [0.29, 0.717) is 24.7 Å². The van der Waals surface area contributed by atoms with Crippen LogP contribution in [0.3, 0.4) is 0 Å². The minimum absolute atomic E-state index is 0.199. The van der Waals surface area contributed by atoms with Gasteiger partial charge >= 0.3 is 0 Å². The third-order valence-corrected chi connectivity index (χ3v) is 2.44. The molecule has 0 unspecified atom stereocenters. The van der Waals surface area contributed by atoms with Crippen molar-refractivity contribution in [2.45, 2.75) is 6.42 Å². The number of fused-ring (bicyclic) bond motifs is 1. The number of hydrogen-bond donors (Lipinski definition) is 0. The summed E-state index contributed by atoms with van der Waals surface area (Å²) in [5, 5.41) is 0. The molecule has 0 amide bonds. The van der Waals surface area contributed by atoms with Crippen molar-refractivity contribution < 1.29 is 18.9 Å². The molecule has 0 N–H and O–H groups in total. The van der Waals surface area contributed by atoms with E-state index in [2.05, 4.69) is 6.58 Å². The number of ether oxygens (including phenoxy) is 4. The van der Waals surface area contributed by atoms with Crippen molar-refractivity contribution in [1.82, 2.24) is 0 Å². The minimum atomic E-state index is 0.199. The van der Waals surface area contributed by atoms with Gasteiger partial charge in [0.05, 0.1) is 6.61 Å². The zero-order valence-electron chi connectivity index (χ0n) is 9.90. The highest BCUT2D eigenvalue weighted by Gasteiger charge is 2.17. The summed E-state index contributed by atoms with van der Waals surface area (Å²) in [6.07, 6.45) is 2.59. The quantitative estimate of drug-likeness (QED) is 0.560. The second-order valence-electron chi connectivity index (χ2n) is 3.66. The Kier molecular flexibility index (Phi) is 3.88. The van der Waals surface area contributed by atoms with E-state index in [1.165, 1.54) is 0 Å². The van der Waals surface area contributed by atoms with Gasteiger partial charge < -0.3 is 18.9 Å². The number of rotatable bonds is 6. The molecule has 0 aromatic heterocycles. The van der Waals surface area contributed by atoms with Crippen LogP contribution in [0.5, 0.6) is 17.2 Å². The summed E-state index contributed by atoms with van der Waals surface area (Å²) in [5.41, 5.74) is 1.14. The Balaban J connectivity index is 2.22. The maximum Gasteiger partial charge on any atom is 0.188 e. The Morgan fingerprint density at radius 1 is 1.35 bits per heavy atom. The molecule has 1 aromatic rings. The van der Waals surface area contributed by atoms with Gasteiger partial charge in [0.25, 0.3) is 0 Å². The molecular weight excluding hydrogens is 220 g/mol. The first kappa shape index (κ1) is 11.8. The standard InChI is InChI=1S/C13H16O4/c1-3-5-15-13-8-11-10(4-6-16-11)7-12(13)17-9-14-2/h3,7-8H,1,4-6,9H2,2H3. The van der Waals surface area contributed by atoms with E-state index < -0.39 is 0 Å². The molecule has 0 aliphatic carbocycles. The van der Waals surface area contributed by atoms with Crippen LogP contribution in [-0.2, 0) is 11.2 Å². The van der Waals surface area contributed by atoms with E-state index in [9.17, 15) is 0 Å². The lowest BCUT2D eigenvalue weighted by molar-refractivity contribution is 0.0488. The van der Waals surface area contributed by atoms with Gasteiger partial charge in [-0.05, 0) is 6.07 Å². The smallest absolute Gasteiger partial charge is 0.188 e. The fourth-order valence-electron chi connectivity index (χ4n) is 1.68. The predicted molar refractivity (Wildman–Crippen MR) is 63.8 cm³/mol. The van der Waals surface area contributed by atoms with Gasteiger partial charge in [0.2, 0.25) is 0 Å². The normalized spacial score (nSPS) is 12.8. The highest BCUT2D eigenvalue weighted by Crippen LogP contribution is 2.37. The first-order chi connectivity index (χ1) is 8.35. The third-order valence-electron chi connectivity index (χ3n) is 2.44. The summed E-state index contributed by atoms with van der Waals surface area (Å²) in [6, 6.07) is 3.80. The van der Waals surface area contributed by atoms with Crippen LogP contribution in [0.25, 0.3) is 0 Å². The first-order valence-electron chi connectivity index (χ1n) is 5.50. The molecule has 2 rings (SSSR count). The van der Waals surface area contributed by atoms with Crippen LogP contribution >= 0.6 is 0 Å². The molecule has 0 spiro atoms. The summed E-state index contributed by atoms with van der Waals surface area (Å²) < 4.78 is 21.4. The summed E-state index contributed by atoms with van der Waals surface area (Å²) in [6.45, 7) is 4.96. The van der Waals surface area contributed by atoms with Crippen molar-refractivity contribution >= 4 is 0 Å². The number of methoxy groups -OCH3 is 1. The van der Waals surface area contributed by atoms with E-state index in [-0.39, 0.29) is 6.79 Å². The van der Waals surface area contributed by atoms with Crippen LogP contribution in [0.15, 0.2) is 24.8 Å². The van der Waals surface area contributed by atoms with Gasteiger partial charge in [0, 0.05) is 25.2 Å². The van der Waals surface area contributed by atoms with Crippen molar-refractivity contribution in [3.63, 3.8) is 0 Å². The molecule has 1 aromatic carbocycles. The lowest BCUT2D eigenvalue weighted by Gasteiger charge is -2.12. The van der Waals surface area contributed by atoms with E-state index >= 15 is 0 Å². The molecule has 17 heavy (non-hydrogen) atoms. The minimum Gasteiger partial charge on any atom is -0.493 e. The fourth-order valence-corrected chi connectivity index (χ4v) is 1.68. The predicted octanol–water partition coefficient (Wildman–Crippen LogP) is 2.17. The highest BCUT2D eigenvalue weighted by molar-refractivity contribution is 5.52. The molecule has 1 aliphatic rings. The first-order valence-corrected chi connectivity index (χ1v) is 5.50. The van der Waals surface area contributed by atoms with Crippen LogP contribution in [0.1, 0.15) is 5.56 Å². The van der Waals surface area contributed by atoms with E-state index in [1.807, 2.05) is 12.1 Å². The van der Waals surface area contributed by atoms with Crippen LogP contribution in [0.4, 0.5) is 0 Å². The summed E-state index contributed by atoms with van der Waals surface area (Å²) in [5.74, 6) is 2.20. The van der Waals surface area contributed by atoms with Gasteiger partial charge in [-0.2, -0.15) is 0 Å². The zero-order chi connectivity index (χ0) is 12.1. The molecule has 0 fully saturated rings. The summed E-state index contributed by atoms with van der Waals surface area (Å²) >= 11 is 0. The summed E-state index contributed by atoms with van der Waals surface area (Å²) in [7, 11) is 1.58. The van der Waals surface area contributed by atoms with Gasteiger partial charge in [-0.15, -0.1) is 0 Å². The van der Waals surface area contributed by atoms with Gasteiger partial charge in [-0.25, -0.2) is 0 Å². The molecule has 1 aliphatic heterocycles. The maximum atomic E-state index is 5.53. The average Bonchev–Trinajstić information content (AvgIpc) is 2.80. The van der Waals surface area contributed by atoms with Crippen molar-refractivity contribution in [1.29, 1.82) is 0 Å². The number of benzene rings is 1. The fraction of sp³-hybridized carbons (Fsp3) is 0.385. The van der Waals surface area contributed by atoms with Crippen molar-refractivity contribution in [3.05, 3.63) is 30.4 Å². The lowest BCUT2D eigenvalue weighted by atomic mass is 10.1.